The van der Waals surface area contributed by atoms with Crippen LogP contribution in [-0.4, -0.2) is 38.1 Å². The van der Waals surface area contributed by atoms with E-state index in [2.05, 4.69) is 5.32 Å². The highest BCUT2D eigenvalue weighted by molar-refractivity contribution is 5.77. The second kappa shape index (κ2) is 8.76. The zero-order valence-electron chi connectivity index (χ0n) is 15.5. The van der Waals surface area contributed by atoms with Crippen LogP contribution in [0.4, 0.5) is 8.78 Å². The Bertz CT molecular complexity index is 778. The highest BCUT2D eigenvalue weighted by Crippen LogP contribution is 2.22. The average molecular weight is 362 g/mol. The summed E-state index contributed by atoms with van der Waals surface area (Å²) in [5, 5.41) is 2.74. The van der Waals surface area contributed by atoms with Crippen molar-refractivity contribution in [2.24, 2.45) is 0 Å². The second-order valence-electron chi connectivity index (χ2n) is 6.44. The first-order valence-corrected chi connectivity index (χ1v) is 8.36. The zero-order valence-corrected chi connectivity index (χ0v) is 15.5. The Morgan fingerprint density at radius 1 is 1.19 bits per heavy atom. The van der Waals surface area contributed by atoms with E-state index in [1.54, 1.807) is 19.0 Å². The number of carbonyl (C=O) groups is 1. The molecule has 0 aliphatic heterocycles. The smallest absolute Gasteiger partial charge is 0.258 e. The number of rotatable bonds is 7. The molecule has 6 heteroatoms. The van der Waals surface area contributed by atoms with Gasteiger partial charge in [-0.1, -0.05) is 18.2 Å². The molecule has 0 saturated heterocycles. The number of nitrogens with one attached hydrogen (secondary N) is 1. The topological polar surface area (TPSA) is 41.6 Å². The van der Waals surface area contributed by atoms with Crippen molar-refractivity contribution in [1.82, 2.24) is 10.2 Å². The van der Waals surface area contributed by atoms with Crippen molar-refractivity contribution in [3.05, 3.63) is 64.7 Å². The van der Waals surface area contributed by atoms with Gasteiger partial charge in [0.05, 0.1) is 6.04 Å². The molecule has 0 fully saturated rings. The van der Waals surface area contributed by atoms with E-state index >= 15 is 0 Å². The number of carbonyl (C=O) groups excluding carboxylic acids is 1. The maximum absolute atomic E-state index is 14.0. The van der Waals surface area contributed by atoms with Crippen molar-refractivity contribution in [1.29, 1.82) is 0 Å². The first-order chi connectivity index (χ1) is 12.3. The number of nitrogens with zero attached hydrogens (tertiary/aromatic N) is 1. The molecule has 0 radical (unpaired) electrons. The number of ether oxygens (including phenoxy) is 1. The van der Waals surface area contributed by atoms with Gasteiger partial charge in [-0.3, -0.25) is 4.79 Å². The van der Waals surface area contributed by atoms with Crippen molar-refractivity contribution >= 4 is 5.91 Å². The quantitative estimate of drug-likeness (QED) is 0.821. The maximum Gasteiger partial charge on any atom is 0.258 e. The molecule has 140 valence electrons. The summed E-state index contributed by atoms with van der Waals surface area (Å²) < 4.78 is 32.7. The molecule has 0 aromatic heterocycles. The lowest BCUT2D eigenvalue weighted by atomic mass is 10.1. The molecular formula is C20H24F2N2O2. The summed E-state index contributed by atoms with van der Waals surface area (Å²) in [5.74, 6) is -0.909. The lowest BCUT2D eigenvalue weighted by molar-refractivity contribution is -0.123. The molecule has 26 heavy (non-hydrogen) atoms. The molecule has 2 aromatic carbocycles. The Morgan fingerprint density at radius 3 is 2.58 bits per heavy atom. The van der Waals surface area contributed by atoms with Crippen LogP contribution in [0.3, 0.4) is 0 Å². The van der Waals surface area contributed by atoms with Crippen LogP contribution in [0.1, 0.15) is 22.7 Å². The first kappa shape index (κ1) is 19.8. The number of benzene rings is 2. The second-order valence-corrected chi connectivity index (χ2v) is 6.44. The van der Waals surface area contributed by atoms with Gasteiger partial charge < -0.3 is 15.0 Å². The third-order valence-electron chi connectivity index (χ3n) is 4.35. The summed E-state index contributed by atoms with van der Waals surface area (Å²) in [6.07, 6.45) is 0. The van der Waals surface area contributed by atoms with Gasteiger partial charge in [0.1, 0.15) is 17.4 Å². The van der Waals surface area contributed by atoms with Crippen molar-refractivity contribution in [2.45, 2.75) is 19.9 Å². The van der Waals surface area contributed by atoms with E-state index in [9.17, 15) is 13.6 Å². The van der Waals surface area contributed by atoms with Gasteiger partial charge in [-0.25, -0.2) is 8.78 Å². The molecule has 1 amide bonds. The van der Waals surface area contributed by atoms with Crippen LogP contribution in [0.2, 0.25) is 0 Å². The molecule has 0 heterocycles. The fourth-order valence-electron chi connectivity index (χ4n) is 2.63. The summed E-state index contributed by atoms with van der Waals surface area (Å²) >= 11 is 0. The van der Waals surface area contributed by atoms with Crippen molar-refractivity contribution in [3.8, 4) is 5.75 Å². The lowest BCUT2D eigenvalue weighted by Crippen LogP contribution is -2.37. The molecule has 0 saturated carbocycles. The van der Waals surface area contributed by atoms with E-state index in [0.29, 0.717) is 11.3 Å². The van der Waals surface area contributed by atoms with Gasteiger partial charge in [-0.15, -0.1) is 0 Å². The van der Waals surface area contributed by atoms with E-state index in [1.807, 2.05) is 32.0 Å². The minimum absolute atomic E-state index is 0.129. The van der Waals surface area contributed by atoms with E-state index in [-0.39, 0.29) is 19.1 Å². The third kappa shape index (κ3) is 5.02. The Hall–Kier alpha value is -2.47. The number of likely N-dealkylation sites (N-methyl/N-ethyl adjacent to an activating group) is 1. The summed E-state index contributed by atoms with van der Waals surface area (Å²) in [6.45, 7) is 3.96. The van der Waals surface area contributed by atoms with Crippen LogP contribution < -0.4 is 10.1 Å². The predicted octanol–water partition coefficient (Wildman–Crippen LogP) is 3.38. The molecule has 1 N–H and O–H groups in total. The summed E-state index contributed by atoms with van der Waals surface area (Å²) in [5.41, 5.74) is 2.40. The largest absolute Gasteiger partial charge is 0.483 e. The summed E-state index contributed by atoms with van der Waals surface area (Å²) in [6, 6.07) is 8.69. The maximum atomic E-state index is 14.0. The van der Waals surface area contributed by atoms with Gasteiger partial charge in [0.2, 0.25) is 0 Å². The fraction of sp³-hybridized carbons (Fsp3) is 0.350. The Morgan fingerprint density at radius 2 is 1.92 bits per heavy atom. The van der Waals surface area contributed by atoms with Gasteiger partial charge in [0, 0.05) is 18.2 Å². The lowest BCUT2D eigenvalue weighted by Gasteiger charge is -2.25. The average Bonchev–Trinajstić information content (AvgIpc) is 2.57. The van der Waals surface area contributed by atoms with E-state index < -0.39 is 17.7 Å². The van der Waals surface area contributed by atoms with Crippen LogP contribution in [0, 0.1) is 25.5 Å². The third-order valence-corrected chi connectivity index (χ3v) is 4.35. The molecule has 0 aliphatic rings. The molecule has 0 spiro atoms. The molecule has 1 unspecified atom stereocenters. The molecule has 2 rings (SSSR count). The molecule has 4 nitrogen and oxygen atoms in total. The standard InChI is InChI=1S/C20H24F2N2O2/c1-13-6-5-7-19(14(13)2)26-12-20(25)23-11-18(24(3)4)16-9-8-15(21)10-17(16)22/h5-10,18H,11-12H2,1-4H3,(H,23,25). The number of hydrogen-bond donors (Lipinski definition) is 1. The van der Waals surface area contributed by atoms with Crippen molar-refractivity contribution in [2.75, 3.05) is 27.2 Å². The van der Waals surface area contributed by atoms with Gasteiger partial charge in [0.25, 0.3) is 5.91 Å². The van der Waals surface area contributed by atoms with Crippen LogP contribution in [0.25, 0.3) is 0 Å². The van der Waals surface area contributed by atoms with E-state index in [0.717, 1.165) is 17.2 Å². The van der Waals surface area contributed by atoms with E-state index in [1.165, 1.54) is 12.1 Å². The number of amides is 1. The fourth-order valence-corrected chi connectivity index (χ4v) is 2.63. The number of hydrogen-bond acceptors (Lipinski definition) is 3. The predicted molar refractivity (Wildman–Crippen MR) is 97.2 cm³/mol. The van der Waals surface area contributed by atoms with Crippen molar-refractivity contribution in [3.63, 3.8) is 0 Å². The molecule has 2 aromatic rings. The van der Waals surface area contributed by atoms with Gasteiger partial charge in [0.15, 0.2) is 6.61 Å². The van der Waals surface area contributed by atoms with Gasteiger partial charge >= 0.3 is 0 Å². The van der Waals surface area contributed by atoms with Gasteiger partial charge in [-0.2, -0.15) is 0 Å². The molecule has 1 atom stereocenters. The molecule has 0 bridgehead atoms. The minimum atomic E-state index is -0.635. The normalized spacial score (nSPS) is 12.1. The van der Waals surface area contributed by atoms with Gasteiger partial charge in [-0.05, 0) is 51.2 Å². The zero-order chi connectivity index (χ0) is 19.3. The van der Waals surface area contributed by atoms with E-state index in [4.69, 9.17) is 4.74 Å². The minimum Gasteiger partial charge on any atom is -0.483 e. The highest BCUT2D eigenvalue weighted by atomic mass is 19.1. The Kier molecular flexibility index (Phi) is 6.69. The summed E-state index contributed by atoms with van der Waals surface area (Å²) in [4.78, 5) is 13.9. The monoisotopic (exact) mass is 362 g/mol. The Balaban J connectivity index is 1.96. The molecule has 0 aliphatic carbocycles. The highest BCUT2D eigenvalue weighted by Gasteiger charge is 2.19. The Labute approximate surface area is 152 Å². The number of halogens is 2. The van der Waals surface area contributed by atoms with Crippen molar-refractivity contribution < 1.29 is 18.3 Å². The number of aryl methyl sites for hydroxylation is 1. The van der Waals surface area contributed by atoms with Crippen LogP contribution in [0.15, 0.2) is 36.4 Å². The molecular weight excluding hydrogens is 338 g/mol. The van der Waals surface area contributed by atoms with Crippen LogP contribution in [0.5, 0.6) is 5.75 Å². The SMILES string of the molecule is Cc1cccc(OCC(=O)NCC(c2ccc(F)cc2F)N(C)C)c1C. The van der Waals surface area contributed by atoms with Crippen LogP contribution >= 0.6 is 0 Å². The first-order valence-electron chi connectivity index (χ1n) is 8.36. The van der Waals surface area contributed by atoms with Crippen LogP contribution in [-0.2, 0) is 4.79 Å². The summed E-state index contributed by atoms with van der Waals surface area (Å²) in [7, 11) is 3.54.